The van der Waals surface area contributed by atoms with E-state index in [9.17, 15) is 18.0 Å². The third-order valence-electron chi connectivity index (χ3n) is 4.14. The number of carbonyl (C=O) groups is 1. The SMILES string of the molecule is N[C@@H](CC(=O)N1CCn2c(nnc2C(F)(F)F)C1)Cc1ccccc1. The van der Waals surface area contributed by atoms with Crippen molar-refractivity contribution in [2.45, 2.75) is 38.1 Å². The number of alkyl halides is 3. The van der Waals surface area contributed by atoms with Crippen molar-refractivity contribution in [3.05, 3.63) is 47.5 Å². The average Bonchev–Trinajstić information content (AvgIpc) is 2.98. The maximum atomic E-state index is 12.8. The number of fused-ring (bicyclic) bond motifs is 1. The monoisotopic (exact) mass is 353 g/mol. The predicted molar refractivity (Wildman–Crippen MR) is 83.2 cm³/mol. The van der Waals surface area contributed by atoms with Crippen LogP contribution in [0.15, 0.2) is 30.3 Å². The van der Waals surface area contributed by atoms with Gasteiger partial charge in [-0.15, -0.1) is 10.2 Å². The largest absolute Gasteiger partial charge is 0.451 e. The number of benzene rings is 1. The number of hydrogen-bond donors (Lipinski definition) is 1. The van der Waals surface area contributed by atoms with Crippen LogP contribution in [0.2, 0.25) is 0 Å². The lowest BCUT2D eigenvalue weighted by molar-refractivity contribution is -0.148. The molecule has 2 N–H and O–H groups in total. The number of carbonyl (C=O) groups excluding carboxylic acids is 1. The molecule has 1 aliphatic heterocycles. The Hall–Kier alpha value is -2.42. The van der Waals surface area contributed by atoms with Crippen LogP contribution in [0.4, 0.5) is 13.2 Å². The zero-order valence-electron chi connectivity index (χ0n) is 13.4. The molecule has 0 saturated carbocycles. The van der Waals surface area contributed by atoms with Crippen molar-refractivity contribution in [1.29, 1.82) is 0 Å². The second-order valence-corrected chi connectivity index (χ2v) is 6.06. The van der Waals surface area contributed by atoms with Crippen molar-refractivity contribution in [2.24, 2.45) is 5.73 Å². The first-order valence-electron chi connectivity index (χ1n) is 7.91. The van der Waals surface area contributed by atoms with Crippen LogP contribution >= 0.6 is 0 Å². The second kappa shape index (κ2) is 6.83. The highest BCUT2D eigenvalue weighted by Crippen LogP contribution is 2.29. The molecule has 0 spiro atoms. The summed E-state index contributed by atoms with van der Waals surface area (Å²) in [5, 5.41) is 6.78. The van der Waals surface area contributed by atoms with Gasteiger partial charge in [-0.3, -0.25) is 4.79 Å². The molecule has 0 radical (unpaired) electrons. The molecule has 134 valence electrons. The molecule has 1 aromatic carbocycles. The first-order chi connectivity index (χ1) is 11.8. The molecule has 2 aromatic rings. The number of halogens is 3. The molecule has 0 unspecified atom stereocenters. The number of aromatic nitrogens is 3. The lowest BCUT2D eigenvalue weighted by Gasteiger charge is -2.29. The highest BCUT2D eigenvalue weighted by molar-refractivity contribution is 5.76. The van der Waals surface area contributed by atoms with Gasteiger partial charge in [-0.25, -0.2) is 0 Å². The highest BCUT2D eigenvalue weighted by Gasteiger charge is 2.39. The average molecular weight is 353 g/mol. The van der Waals surface area contributed by atoms with Crippen molar-refractivity contribution in [3.63, 3.8) is 0 Å². The summed E-state index contributed by atoms with van der Waals surface area (Å²) in [7, 11) is 0. The van der Waals surface area contributed by atoms with E-state index >= 15 is 0 Å². The molecule has 1 atom stereocenters. The minimum atomic E-state index is -4.55. The summed E-state index contributed by atoms with van der Waals surface area (Å²) in [6.07, 6.45) is -3.85. The van der Waals surface area contributed by atoms with Crippen molar-refractivity contribution in [1.82, 2.24) is 19.7 Å². The lowest BCUT2D eigenvalue weighted by atomic mass is 10.0. The van der Waals surface area contributed by atoms with E-state index in [1.54, 1.807) is 0 Å². The van der Waals surface area contributed by atoms with Crippen molar-refractivity contribution >= 4 is 5.91 Å². The normalized spacial score (nSPS) is 15.8. The van der Waals surface area contributed by atoms with Crippen LogP contribution in [0.3, 0.4) is 0 Å². The van der Waals surface area contributed by atoms with Crippen LogP contribution in [-0.2, 0) is 30.5 Å². The summed E-state index contributed by atoms with van der Waals surface area (Å²) in [5.41, 5.74) is 7.08. The van der Waals surface area contributed by atoms with E-state index in [2.05, 4.69) is 10.2 Å². The molecule has 0 saturated heterocycles. The number of nitrogens with zero attached hydrogens (tertiary/aromatic N) is 4. The van der Waals surface area contributed by atoms with Crippen molar-refractivity contribution < 1.29 is 18.0 Å². The van der Waals surface area contributed by atoms with Crippen LogP contribution in [-0.4, -0.2) is 38.2 Å². The molecule has 3 rings (SSSR count). The van der Waals surface area contributed by atoms with Gasteiger partial charge < -0.3 is 15.2 Å². The standard InChI is InChI=1S/C16H18F3N5O/c17-16(18,19)15-22-21-13-10-23(6-7-24(13)15)14(25)9-12(20)8-11-4-2-1-3-5-11/h1-5,12H,6-10,20H2/t12-/m1/s1. The molecule has 0 fully saturated rings. The van der Waals surface area contributed by atoms with E-state index in [-0.39, 0.29) is 43.8 Å². The van der Waals surface area contributed by atoms with Gasteiger partial charge in [0.05, 0.1) is 6.54 Å². The summed E-state index contributed by atoms with van der Waals surface area (Å²) >= 11 is 0. The van der Waals surface area contributed by atoms with E-state index in [4.69, 9.17) is 5.73 Å². The Balaban J connectivity index is 1.60. The summed E-state index contributed by atoms with van der Waals surface area (Å²) in [5.74, 6) is -1.06. The Bertz CT molecular complexity index is 744. The molecule has 0 bridgehead atoms. The van der Waals surface area contributed by atoms with Gasteiger partial charge in [0.25, 0.3) is 0 Å². The number of hydrogen-bond acceptors (Lipinski definition) is 4. The fourth-order valence-corrected chi connectivity index (χ4v) is 2.92. The Morgan fingerprint density at radius 2 is 1.92 bits per heavy atom. The number of amides is 1. The Labute approximate surface area is 142 Å². The molecular formula is C16H18F3N5O. The van der Waals surface area contributed by atoms with Crippen LogP contribution in [0.1, 0.15) is 23.6 Å². The van der Waals surface area contributed by atoms with E-state index in [0.29, 0.717) is 6.42 Å². The fourth-order valence-electron chi connectivity index (χ4n) is 2.92. The van der Waals surface area contributed by atoms with Gasteiger partial charge in [-0.05, 0) is 12.0 Å². The Kier molecular flexibility index (Phi) is 4.76. The molecule has 1 aromatic heterocycles. The minimum absolute atomic E-state index is 0.0139. The number of rotatable bonds is 4. The summed E-state index contributed by atoms with van der Waals surface area (Å²) < 4.78 is 39.5. The quantitative estimate of drug-likeness (QED) is 0.906. The summed E-state index contributed by atoms with van der Waals surface area (Å²) in [6, 6.07) is 9.23. The molecule has 6 nitrogen and oxygen atoms in total. The molecular weight excluding hydrogens is 335 g/mol. The van der Waals surface area contributed by atoms with E-state index in [1.807, 2.05) is 30.3 Å². The first kappa shape index (κ1) is 17.4. The summed E-state index contributed by atoms with van der Waals surface area (Å²) in [4.78, 5) is 13.9. The zero-order chi connectivity index (χ0) is 18.0. The van der Waals surface area contributed by atoms with Crippen LogP contribution in [0.25, 0.3) is 0 Å². The van der Waals surface area contributed by atoms with Crippen LogP contribution in [0.5, 0.6) is 0 Å². The van der Waals surface area contributed by atoms with Gasteiger partial charge in [0.15, 0.2) is 5.82 Å². The smallest absolute Gasteiger partial charge is 0.333 e. The Morgan fingerprint density at radius 3 is 2.60 bits per heavy atom. The number of nitrogens with two attached hydrogens (primary N) is 1. The van der Waals surface area contributed by atoms with Gasteiger partial charge in [0.1, 0.15) is 0 Å². The van der Waals surface area contributed by atoms with E-state index in [1.165, 1.54) is 4.90 Å². The third kappa shape index (κ3) is 3.98. The maximum absolute atomic E-state index is 12.8. The van der Waals surface area contributed by atoms with Gasteiger partial charge in [0, 0.05) is 25.6 Å². The van der Waals surface area contributed by atoms with Crippen molar-refractivity contribution in [3.8, 4) is 0 Å². The molecule has 25 heavy (non-hydrogen) atoms. The maximum Gasteiger partial charge on any atom is 0.451 e. The molecule has 9 heteroatoms. The fraction of sp³-hybridized carbons (Fsp3) is 0.438. The van der Waals surface area contributed by atoms with Crippen LogP contribution in [0, 0.1) is 0 Å². The van der Waals surface area contributed by atoms with Gasteiger partial charge >= 0.3 is 6.18 Å². The topological polar surface area (TPSA) is 77.0 Å². The Morgan fingerprint density at radius 1 is 1.20 bits per heavy atom. The zero-order valence-corrected chi connectivity index (χ0v) is 13.4. The van der Waals surface area contributed by atoms with E-state index < -0.39 is 12.0 Å². The second-order valence-electron chi connectivity index (χ2n) is 6.06. The molecule has 2 heterocycles. The lowest BCUT2D eigenvalue weighted by Crippen LogP contribution is -2.42. The van der Waals surface area contributed by atoms with Gasteiger partial charge in [-0.1, -0.05) is 30.3 Å². The summed E-state index contributed by atoms with van der Waals surface area (Å²) in [6.45, 7) is 0.224. The van der Waals surface area contributed by atoms with Crippen molar-refractivity contribution in [2.75, 3.05) is 6.54 Å². The van der Waals surface area contributed by atoms with E-state index in [0.717, 1.165) is 10.1 Å². The third-order valence-corrected chi connectivity index (χ3v) is 4.14. The molecule has 1 amide bonds. The predicted octanol–water partition coefficient (Wildman–Crippen LogP) is 1.60. The van der Waals surface area contributed by atoms with Crippen LogP contribution < -0.4 is 5.73 Å². The highest BCUT2D eigenvalue weighted by atomic mass is 19.4. The first-order valence-corrected chi connectivity index (χ1v) is 7.91. The minimum Gasteiger partial charge on any atom is -0.333 e. The van der Waals surface area contributed by atoms with Gasteiger partial charge in [-0.2, -0.15) is 13.2 Å². The molecule has 1 aliphatic rings. The molecule has 0 aliphatic carbocycles. The van der Waals surface area contributed by atoms with Gasteiger partial charge in [0.2, 0.25) is 11.7 Å².